The van der Waals surface area contributed by atoms with Crippen LogP contribution in [0.25, 0.3) is 0 Å². The molecule has 0 N–H and O–H groups in total. The second-order valence-electron chi connectivity index (χ2n) is 4.33. The second kappa shape index (κ2) is 5.53. The molecule has 17 heavy (non-hydrogen) atoms. The number of hydrogen-bond acceptors (Lipinski definition) is 1. The molecule has 2 aromatic carbocycles. The minimum absolute atomic E-state index is 1.05. The second-order valence-corrected chi connectivity index (χ2v) is 4.33. The molecule has 0 heterocycles. The van der Waals surface area contributed by atoms with Crippen molar-refractivity contribution in [1.82, 2.24) is 0 Å². The Labute approximate surface area is 104 Å². The van der Waals surface area contributed by atoms with E-state index in [2.05, 4.69) is 73.3 Å². The number of rotatable bonds is 4. The van der Waals surface area contributed by atoms with E-state index in [1.807, 2.05) is 0 Å². The number of hydrogen-bond donors (Lipinski definition) is 0. The van der Waals surface area contributed by atoms with Gasteiger partial charge in [0.2, 0.25) is 0 Å². The van der Waals surface area contributed by atoms with Crippen LogP contribution in [0.1, 0.15) is 18.9 Å². The van der Waals surface area contributed by atoms with Gasteiger partial charge in [-0.1, -0.05) is 37.3 Å². The van der Waals surface area contributed by atoms with Crippen molar-refractivity contribution in [1.29, 1.82) is 0 Å². The third-order valence-corrected chi connectivity index (χ3v) is 2.83. The zero-order valence-electron chi connectivity index (χ0n) is 10.6. The molecule has 0 saturated carbocycles. The van der Waals surface area contributed by atoms with Crippen LogP contribution < -0.4 is 4.90 Å². The monoisotopic (exact) mass is 225 g/mol. The van der Waals surface area contributed by atoms with E-state index in [9.17, 15) is 0 Å². The molecule has 1 nitrogen and oxygen atoms in total. The molecule has 0 aromatic heterocycles. The van der Waals surface area contributed by atoms with Crippen LogP contribution in [-0.2, 0) is 0 Å². The van der Waals surface area contributed by atoms with Gasteiger partial charge in [0.25, 0.3) is 0 Å². The van der Waals surface area contributed by atoms with Crippen molar-refractivity contribution < 1.29 is 0 Å². The van der Waals surface area contributed by atoms with E-state index in [4.69, 9.17) is 0 Å². The summed E-state index contributed by atoms with van der Waals surface area (Å²) in [6, 6.07) is 19.2. The van der Waals surface area contributed by atoms with Crippen LogP contribution in [0.15, 0.2) is 54.6 Å². The first kappa shape index (κ1) is 11.7. The highest BCUT2D eigenvalue weighted by atomic mass is 15.1. The van der Waals surface area contributed by atoms with Crippen LogP contribution in [0.5, 0.6) is 0 Å². The number of aryl methyl sites for hydroxylation is 1. The van der Waals surface area contributed by atoms with Gasteiger partial charge in [0, 0.05) is 17.9 Å². The van der Waals surface area contributed by atoms with Crippen molar-refractivity contribution in [2.45, 2.75) is 20.3 Å². The number of nitrogens with zero attached hydrogens (tertiary/aromatic N) is 1. The first-order chi connectivity index (χ1) is 8.31. The largest absolute Gasteiger partial charge is 0.341 e. The highest BCUT2D eigenvalue weighted by molar-refractivity contribution is 5.63. The molecule has 0 unspecified atom stereocenters. The van der Waals surface area contributed by atoms with Crippen molar-refractivity contribution >= 4 is 11.4 Å². The van der Waals surface area contributed by atoms with Crippen molar-refractivity contribution in [3.63, 3.8) is 0 Å². The maximum absolute atomic E-state index is 2.37. The van der Waals surface area contributed by atoms with Crippen molar-refractivity contribution in [2.75, 3.05) is 11.4 Å². The summed E-state index contributed by atoms with van der Waals surface area (Å²) in [5, 5.41) is 0. The van der Waals surface area contributed by atoms with Crippen LogP contribution in [0.2, 0.25) is 0 Å². The lowest BCUT2D eigenvalue weighted by Crippen LogP contribution is -2.17. The normalized spacial score (nSPS) is 10.2. The molecule has 88 valence electrons. The Balaban J connectivity index is 2.35. The van der Waals surface area contributed by atoms with Gasteiger partial charge < -0.3 is 4.90 Å². The van der Waals surface area contributed by atoms with Crippen molar-refractivity contribution in [3.05, 3.63) is 60.2 Å². The number of anilines is 2. The molecule has 0 saturated heterocycles. The van der Waals surface area contributed by atoms with E-state index >= 15 is 0 Å². The van der Waals surface area contributed by atoms with E-state index in [1.54, 1.807) is 0 Å². The summed E-state index contributed by atoms with van der Waals surface area (Å²) in [4.78, 5) is 2.37. The molecule has 0 spiro atoms. The van der Waals surface area contributed by atoms with E-state index in [-0.39, 0.29) is 0 Å². The SMILES string of the molecule is CCCN(c1ccccc1)c1cccc(C)c1. The minimum Gasteiger partial charge on any atom is -0.341 e. The standard InChI is InChI=1S/C16H19N/c1-3-12-17(15-9-5-4-6-10-15)16-11-7-8-14(2)13-16/h4-11,13H,3,12H2,1-2H3. The van der Waals surface area contributed by atoms with Gasteiger partial charge in [-0.25, -0.2) is 0 Å². The van der Waals surface area contributed by atoms with Gasteiger partial charge in [-0.2, -0.15) is 0 Å². The fourth-order valence-corrected chi connectivity index (χ4v) is 2.03. The molecule has 0 amide bonds. The highest BCUT2D eigenvalue weighted by Crippen LogP contribution is 2.25. The van der Waals surface area contributed by atoms with Crippen LogP contribution >= 0.6 is 0 Å². The van der Waals surface area contributed by atoms with Gasteiger partial charge in [0.1, 0.15) is 0 Å². The third-order valence-electron chi connectivity index (χ3n) is 2.83. The van der Waals surface area contributed by atoms with Crippen LogP contribution in [0.4, 0.5) is 11.4 Å². The van der Waals surface area contributed by atoms with Gasteiger partial charge in [0.05, 0.1) is 0 Å². The molecule has 2 rings (SSSR count). The summed E-state index contributed by atoms with van der Waals surface area (Å²) >= 11 is 0. The summed E-state index contributed by atoms with van der Waals surface area (Å²) in [5.41, 5.74) is 3.84. The lowest BCUT2D eigenvalue weighted by molar-refractivity contribution is 0.885. The molecule has 0 aliphatic carbocycles. The molecule has 1 heteroatoms. The van der Waals surface area contributed by atoms with Crippen LogP contribution in [0.3, 0.4) is 0 Å². The first-order valence-corrected chi connectivity index (χ1v) is 6.20. The van der Waals surface area contributed by atoms with Gasteiger partial charge in [-0.15, -0.1) is 0 Å². The molecule has 0 atom stereocenters. The zero-order chi connectivity index (χ0) is 12.1. The average Bonchev–Trinajstić information content (AvgIpc) is 2.37. The van der Waals surface area contributed by atoms with Crippen molar-refractivity contribution in [3.8, 4) is 0 Å². The van der Waals surface area contributed by atoms with E-state index in [0.717, 1.165) is 13.0 Å². The molecular weight excluding hydrogens is 206 g/mol. The Morgan fingerprint density at radius 2 is 1.59 bits per heavy atom. The van der Waals surface area contributed by atoms with Gasteiger partial charge in [-0.3, -0.25) is 0 Å². The molecule has 0 bridgehead atoms. The summed E-state index contributed by atoms with van der Waals surface area (Å²) < 4.78 is 0. The van der Waals surface area contributed by atoms with Crippen LogP contribution in [-0.4, -0.2) is 6.54 Å². The van der Waals surface area contributed by atoms with Gasteiger partial charge in [0.15, 0.2) is 0 Å². The Morgan fingerprint density at radius 1 is 0.882 bits per heavy atom. The quantitative estimate of drug-likeness (QED) is 0.738. The summed E-state index contributed by atoms with van der Waals surface area (Å²) in [7, 11) is 0. The predicted octanol–water partition coefficient (Wildman–Crippen LogP) is 4.54. The fourth-order valence-electron chi connectivity index (χ4n) is 2.03. The maximum atomic E-state index is 2.37. The molecule has 0 fully saturated rings. The van der Waals surface area contributed by atoms with Gasteiger partial charge >= 0.3 is 0 Å². The van der Waals surface area contributed by atoms with E-state index in [1.165, 1.54) is 16.9 Å². The van der Waals surface area contributed by atoms with E-state index in [0.29, 0.717) is 0 Å². The Kier molecular flexibility index (Phi) is 3.81. The molecule has 0 radical (unpaired) electrons. The summed E-state index contributed by atoms with van der Waals surface area (Å²) in [6.45, 7) is 5.40. The Bertz CT molecular complexity index is 462. The van der Waals surface area contributed by atoms with Crippen LogP contribution in [0, 0.1) is 6.92 Å². The predicted molar refractivity (Wildman–Crippen MR) is 74.9 cm³/mol. The molecule has 0 aliphatic heterocycles. The lowest BCUT2D eigenvalue weighted by Gasteiger charge is -2.24. The summed E-state index contributed by atoms with van der Waals surface area (Å²) in [6.07, 6.45) is 1.14. The topological polar surface area (TPSA) is 3.24 Å². The third kappa shape index (κ3) is 2.88. The molecule has 0 aliphatic rings. The highest BCUT2D eigenvalue weighted by Gasteiger charge is 2.07. The zero-order valence-corrected chi connectivity index (χ0v) is 10.6. The van der Waals surface area contributed by atoms with Crippen molar-refractivity contribution in [2.24, 2.45) is 0 Å². The molecule has 2 aromatic rings. The lowest BCUT2D eigenvalue weighted by atomic mass is 10.2. The number of benzene rings is 2. The van der Waals surface area contributed by atoms with Gasteiger partial charge in [-0.05, 0) is 43.2 Å². The van der Waals surface area contributed by atoms with E-state index < -0.39 is 0 Å². The average molecular weight is 225 g/mol. The smallest absolute Gasteiger partial charge is 0.0413 e. The number of para-hydroxylation sites is 1. The fraction of sp³-hybridized carbons (Fsp3) is 0.250. The molecular formula is C16H19N. The summed E-state index contributed by atoms with van der Waals surface area (Å²) in [5.74, 6) is 0. The maximum Gasteiger partial charge on any atom is 0.0413 e. The minimum atomic E-state index is 1.05. The first-order valence-electron chi connectivity index (χ1n) is 6.20. The Hall–Kier alpha value is -1.76. The Morgan fingerprint density at radius 3 is 2.24 bits per heavy atom.